The van der Waals surface area contributed by atoms with E-state index in [-0.39, 0.29) is 0 Å². The van der Waals surface area contributed by atoms with Crippen molar-refractivity contribution in [1.82, 2.24) is 5.32 Å². The Bertz CT molecular complexity index is 601. The second-order valence-electron chi connectivity index (χ2n) is 4.45. The molecule has 0 aliphatic rings. The van der Waals surface area contributed by atoms with Crippen LogP contribution in [0.2, 0.25) is 5.02 Å². The third-order valence-electron chi connectivity index (χ3n) is 2.97. The first-order valence-corrected chi connectivity index (χ1v) is 7.40. The summed E-state index contributed by atoms with van der Waals surface area (Å²) in [7, 11) is 1.68. The summed E-state index contributed by atoms with van der Waals surface area (Å²) in [6.45, 7) is 0.736. The lowest BCUT2D eigenvalue weighted by atomic mass is 10.1. The average Bonchev–Trinajstić information content (AvgIpc) is 2.50. The van der Waals surface area contributed by atoms with Gasteiger partial charge in [-0.15, -0.1) is 0 Å². The smallest absolute Gasteiger partial charge is 0.170 e. The Morgan fingerprint density at radius 1 is 1.14 bits per heavy atom. The lowest BCUT2D eigenvalue weighted by molar-refractivity contribution is 0.409. The van der Waals surface area contributed by atoms with Crippen molar-refractivity contribution in [2.45, 2.75) is 6.42 Å². The fraction of sp³-hybridized carbons (Fsp3) is 0.188. The molecule has 3 nitrogen and oxygen atoms in total. The van der Waals surface area contributed by atoms with Gasteiger partial charge < -0.3 is 15.4 Å². The molecule has 0 radical (unpaired) electrons. The molecule has 0 aromatic heterocycles. The van der Waals surface area contributed by atoms with E-state index in [0.717, 1.165) is 30.0 Å². The van der Waals surface area contributed by atoms with E-state index in [4.69, 9.17) is 28.6 Å². The largest absolute Gasteiger partial charge is 0.496 e. The average molecular weight is 321 g/mol. The minimum absolute atomic E-state index is 0.590. The highest BCUT2D eigenvalue weighted by atomic mass is 35.5. The molecule has 2 aromatic rings. The van der Waals surface area contributed by atoms with Crippen LogP contribution >= 0.6 is 23.8 Å². The van der Waals surface area contributed by atoms with Gasteiger partial charge in [-0.3, -0.25) is 0 Å². The van der Waals surface area contributed by atoms with Crippen molar-refractivity contribution in [3.63, 3.8) is 0 Å². The predicted molar refractivity (Wildman–Crippen MR) is 92.4 cm³/mol. The summed E-state index contributed by atoms with van der Waals surface area (Å²) < 4.78 is 5.32. The number of halogens is 1. The predicted octanol–water partition coefficient (Wildman–Crippen LogP) is 3.88. The Labute approximate surface area is 135 Å². The molecule has 5 heteroatoms. The van der Waals surface area contributed by atoms with Crippen molar-refractivity contribution in [2.75, 3.05) is 19.0 Å². The zero-order valence-corrected chi connectivity index (χ0v) is 13.3. The molecule has 0 unspecified atom stereocenters. The summed E-state index contributed by atoms with van der Waals surface area (Å²) in [5.74, 6) is 0.899. The van der Waals surface area contributed by atoms with Crippen LogP contribution in [0.15, 0.2) is 48.5 Å². The fourth-order valence-electron chi connectivity index (χ4n) is 1.93. The Morgan fingerprint density at radius 2 is 1.86 bits per heavy atom. The molecule has 0 bridgehead atoms. The van der Waals surface area contributed by atoms with E-state index in [1.807, 2.05) is 42.5 Å². The van der Waals surface area contributed by atoms with Crippen molar-refractivity contribution in [3.05, 3.63) is 59.1 Å². The van der Waals surface area contributed by atoms with Gasteiger partial charge in [-0.1, -0.05) is 29.8 Å². The number of hydrogen-bond donors (Lipinski definition) is 2. The number of anilines is 1. The van der Waals surface area contributed by atoms with E-state index in [1.54, 1.807) is 7.11 Å². The van der Waals surface area contributed by atoms with E-state index in [1.165, 1.54) is 0 Å². The van der Waals surface area contributed by atoms with Gasteiger partial charge in [0, 0.05) is 17.3 Å². The van der Waals surface area contributed by atoms with Crippen LogP contribution in [0.1, 0.15) is 5.56 Å². The summed E-state index contributed by atoms with van der Waals surface area (Å²) >= 11 is 11.1. The zero-order chi connectivity index (χ0) is 15.1. The van der Waals surface area contributed by atoms with Crippen LogP contribution in [0.3, 0.4) is 0 Å². The fourth-order valence-corrected chi connectivity index (χ4v) is 2.27. The van der Waals surface area contributed by atoms with E-state index in [9.17, 15) is 0 Å². The number of thiocarbonyl (C=S) groups is 1. The standard InChI is InChI=1S/C16H17ClN2OS/c1-20-15-5-3-2-4-12(15)10-11-18-16(21)19-14-8-6-13(17)7-9-14/h2-9H,10-11H2,1H3,(H2,18,19,21). The Balaban J connectivity index is 1.80. The lowest BCUT2D eigenvalue weighted by Crippen LogP contribution is -2.30. The maximum atomic E-state index is 5.84. The Kier molecular flexibility index (Phi) is 5.84. The second-order valence-corrected chi connectivity index (χ2v) is 5.29. The van der Waals surface area contributed by atoms with Gasteiger partial charge in [0.1, 0.15) is 5.75 Å². The number of ether oxygens (including phenoxy) is 1. The maximum absolute atomic E-state index is 5.84. The molecule has 0 amide bonds. The van der Waals surface area contributed by atoms with E-state index in [0.29, 0.717) is 10.1 Å². The summed E-state index contributed by atoms with van der Waals surface area (Å²) in [5, 5.41) is 7.59. The van der Waals surface area contributed by atoms with Crippen LogP contribution in [0.4, 0.5) is 5.69 Å². The summed E-state index contributed by atoms with van der Waals surface area (Å²) in [6.07, 6.45) is 0.840. The molecule has 0 heterocycles. The minimum atomic E-state index is 0.590. The molecule has 2 N–H and O–H groups in total. The minimum Gasteiger partial charge on any atom is -0.496 e. The number of nitrogens with one attached hydrogen (secondary N) is 2. The van der Waals surface area contributed by atoms with E-state index >= 15 is 0 Å². The van der Waals surface area contributed by atoms with Gasteiger partial charge in [-0.2, -0.15) is 0 Å². The van der Waals surface area contributed by atoms with Crippen LogP contribution in [-0.4, -0.2) is 18.8 Å². The molecule has 0 atom stereocenters. The number of hydrogen-bond acceptors (Lipinski definition) is 2. The zero-order valence-electron chi connectivity index (χ0n) is 11.7. The van der Waals surface area contributed by atoms with Crippen LogP contribution in [0, 0.1) is 0 Å². The highest BCUT2D eigenvalue weighted by Gasteiger charge is 2.02. The first kappa shape index (κ1) is 15.6. The van der Waals surface area contributed by atoms with Gasteiger partial charge >= 0.3 is 0 Å². The van der Waals surface area contributed by atoms with Crippen molar-refractivity contribution >= 4 is 34.6 Å². The molecule has 0 saturated heterocycles. The van der Waals surface area contributed by atoms with Gasteiger partial charge in [0.2, 0.25) is 0 Å². The van der Waals surface area contributed by atoms with Gasteiger partial charge in [-0.05, 0) is 54.5 Å². The molecule has 0 aliphatic heterocycles. The molecule has 0 aliphatic carbocycles. The van der Waals surface area contributed by atoms with Crippen LogP contribution in [-0.2, 0) is 6.42 Å². The number of rotatable bonds is 5. The first-order chi connectivity index (χ1) is 10.2. The van der Waals surface area contributed by atoms with Gasteiger partial charge in [0.15, 0.2) is 5.11 Å². The van der Waals surface area contributed by atoms with Crippen LogP contribution in [0.25, 0.3) is 0 Å². The van der Waals surface area contributed by atoms with Gasteiger partial charge in [0.05, 0.1) is 7.11 Å². The highest BCUT2D eigenvalue weighted by molar-refractivity contribution is 7.80. The van der Waals surface area contributed by atoms with Crippen molar-refractivity contribution in [2.24, 2.45) is 0 Å². The van der Waals surface area contributed by atoms with Crippen LogP contribution < -0.4 is 15.4 Å². The van der Waals surface area contributed by atoms with Crippen LogP contribution in [0.5, 0.6) is 5.75 Å². The molecule has 0 fully saturated rings. The number of methoxy groups -OCH3 is 1. The molecule has 110 valence electrons. The molecular weight excluding hydrogens is 304 g/mol. The molecule has 21 heavy (non-hydrogen) atoms. The molecule has 2 aromatic carbocycles. The topological polar surface area (TPSA) is 33.3 Å². The number of para-hydroxylation sites is 1. The number of benzene rings is 2. The van der Waals surface area contributed by atoms with Crippen molar-refractivity contribution in [3.8, 4) is 5.75 Å². The van der Waals surface area contributed by atoms with Gasteiger partial charge in [-0.25, -0.2) is 0 Å². The second kappa shape index (κ2) is 7.86. The Morgan fingerprint density at radius 3 is 2.57 bits per heavy atom. The quantitative estimate of drug-likeness (QED) is 0.819. The SMILES string of the molecule is COc1ccccc1CCNC(=S)Nc1ccc(Cl)cc1. The maximum Gasteiger partial charge on any atom is 0.170 e. The molecule has 0 spiro atoms. The highest BCUT2D eigenvalue weighted by Crippen LogP contribution is 2.17. The van der Waals surface area contributed by atoms with E-state index in [2.05, 4.69) is 16.7 Å². The monoisotopic (exact) mass is 320 g/mol. The first-order valence-electron chi connectivity index (χ1n) is 6.61. The summed E-state index contributed by atoms with van der Waals surface area (Å²) in [6, 6.07) is 15.4. The molecular formula is C16H17ClN2OS. The Hall–Kier alpha value is -1.78. The third-order valence-corrected chi connectivity index (χ3v) is 3.47. The molecule has 0 saturated carbocycles. The third kappa shape index (κ3) is 4.92. The lowest BCUT2D eigenvalue weighted by Gasteiger charge is -2.12. The summed E-state index contributed by atoms with van der Waals surface area (Å²) in [4.78, 5) is 0. The van der Waals surface area contributed by atoms with E-state index < -0.39 is 0 Å². The summed E-state index contributed by atoms with van der Waals surface area (Å²) in [5.41, 5.74) is 2.07. The van der Waals surface area contributed by atoms with Crippen molar-refractivity contribution < 1.29 is 4.74 Å². The van der Waals surface area contributed by atoms with Gasteiger partial charge in [0.25, 0.3) is 0 Å². The molecule has 2 rings (SSSR count). The normalized spacial score (nSPS) is 10.0. The van der Waals surface area contributed by atoms with Crippen molar-refractivity contribution in [1.29, 1.82) is 0 Å².